The maximum absolute atomic E-state index is 12.5. The molecule has 0 aromatic carbocycles. The highest BCUT2D eigenvalue weighted by molar-refractivity contribution is 7.89. The average molecular weight is 312 g/mol. The molecule has 1 N–H and O–H groups in total. The molecule has 0 atom stereocenters. The van der Waals surface area contributed by atoms with Gasteiger partial charge in [-0.15, -0.1) is 0 Å². The van der Waals surface area contributed by atoms with Crippen LogP contribution in [0.3, 0.4) is 0 Å². The quantitative estimate of drug-likeness (QED) is 0.868. The van der Waals surface area contributed by atoms with Crippen molar-refractivity contribution >= 4 is 10.0 Å². The Labute approximate surface area is 127 Å². The average Bonchev–Trinajstić information content (AvgIpc) is 2.85. The first-order valence-corrected chi connectivity index (χ1v) is 8.62. The summed E-state index contributed by atoms with van der Waals surface area (Å²) in [6.45, 7) is 9.62. The number of hydrogen-bond donors (Lipinski definition) is 1. The smallest absolute Gasteiger partial charge is 0.276 e. The van der Waals surface area contributed by atoms with Crippen molar-refractivity contribution in [2.75, 3.05) is 13.1 Å². The number of furan rings is 1. The molecule has 0 aliphatic carbocycles. The lowest BCUT2D eigenvalue weighted by Crippen LogP contribution is -2.35. The molecule has 21 heavy (non-hydrogen) atoms. The summed E-state index contributed by atoms with van der Waals surface area (Å²) >= 11 is 0. The van der Waals surface area contributed by atoms with Crippen molar-refractivity contribution in [1.82, 2.24) is 9.62 Å². The number of sulfonamides is 1. The zero-order valence-corrected chi connectivity index (χ0v) is 14.0. The van der Waals surface area contributed by atoms with Gasteiger partial charge in [0.1, 0.15) is 5.76 Å². The number of nitrogens with one attached hydrogen (secondary N) is 1. The highest BCUT2D eigenvalue weighted by atomic mass is 32.2. The van der Waals surface area contributed by atoms with Gasteiger partial charge in [-0.2, -0.15) is 4.31 Å². The Morgan fingerprint density at radius 3 is 2.62 bits per heavy atom. The zero-order valence-electron chi connectivity index (χ0n) is 13.1. The third-order valence-electron chi connectivity index (χ3n) is 3.42. The summed E-state index contributed by atoms with van der Waals surface area (Å²) in [5.41, 5.74) is 1.19. The minimum Gasteiger partial charge on any atom is -0.447 e. The summed E-state index contributed by atoms with van der Waals surface area (Å²) in [5.74, 6) is 0.632. The molecule has 0 saturated carbocycles. The van der Waals surface area contributed by atoms with Crippen LogP contribution in [0.4, 0.5) is 0 Å². The first kappa shape index (κ1) is 16.3. The number of rotatable bonds is 4. The molecule has 0 radical (unpaired) electrons. The van der Waals surface area contributed by atoms with Crippen molar-refractivity contribution in [3.63, 3.8) is 0 Å². The Balaban J connectivity index is 2.09. The fraction of sp³-hybridized carbons (Fsp3) is 0.600. The van der Waals surface area contributed by atoms with Crippen LogP contribution in [0.15, 0.2) is 33.3 Å². The van der Waals surface area contributed by atoms with Crippen LogP contribution in [-0.2, 0) is 16.6 Å². The van der Waals surface area contributed by atoms with Crippen LogP contribution in [0, 0.1) is 0 Å². The molecule has 0 saturated heterocycles. The standard InChI is InChI=1S/C15H24N2O3S/c1-12-7-9-17(10-8-12)21(18,19)14-6-5-13(20-14)11-16-15(2,3)4/h5-7,16H,8-11H2,1-4H3. The molecular formula is C15H24N2O3S. The molecule has 2 rings (SSSR count). The summed E-state index contributed by atoms with van der Waals surface area (Å²) in [6.07, 6.45) is 2.73. The van der Waals surface area contributed by atoms with Crippen LogP contribution in [0.1, 0.15) is 39.9 Å². The minimum atomic E-state index is -3.52. The molecule has 5 nitrogen and oxygen atoms in total. The van der Waals surface area contributed by atoms with Crippen molar-refractivity contribution < 1.29 is 12.8 Å². The summed E-state index contributed by atoms with van der Waals surface area (Å²) in [6, 6.07) is 3.26. The monoisotopic (exact) mass is 312 g/mol. The second-order valence-electron chi connectivity index (χ2n) is 6.49. The van der Waals surface area contributed by atoms with E-state index in [9.17, 15) is 8.42 Å². The van der Waals surface area contributed by atoms with E-state index in [0.29, 0.717) is 25.4 Å². The predicted octanol–water partition coefficient (Wildman–Crippen LogP) is 2.51. The van der Waals surface area contributed by atoms with E-state index in [0.717, 1.165) is 6.42 Å². The van der Waals surface area contributed by atoms with Gasteiger partial charge in [0.15, 0.2) is 0 Å². The normalized spacial score (nSPS) is 17.8. The molecule has 2 heterocycles. The Bertz CT molecular complexity index is 624. The maximum atomic E-state index is 12.5. The second kappa shape index (κ2) is 5.94. The highest BCUT2D eigenvalue weighted by Gasteiger charge is 2.28. The molecule has 118 valence electrons. The molecule has 0 fully saturated rings. The number of hydrogen-bond acceptors (Lipinski definition) is 4. The SMILES string of the molecule is CC1=CCN(S(=O)(=O)c2ccc(CNC(C)(C)C)o2)CC1. The Hall–Kier alpha value is -1.11. The summed E-state index contributed by atoms with van der Waals surface area (Å²) < 4.78 is 32.0. The van der Waals surface area contributed by atoms with Crippen LogP contribution in [-0.4, -0.2) is 31.4 Å². The predicted molar refractivity (Wildman–Crippen MR) is 82.4 cm³/mol. The Kier molecular flexibility index (Phi) is 4.60. The Morgan fingerprint density at radius 1 is 1.33 bits per heavy atom. The molecule has 1 aliphatic rings. The van der Waals surface area contributed by atoms with Crippen molar-refractivity contribution in [2.24, 2.45) is 0 Å². The minimum absolute atomic E-state index is 0.0289. The lowest BCUT2D eigenvalue weighted by Gasteiger charge is -2.23. The van der Waals surface area contributed by atoms with Crippen molar-refractivity contribution in [3.8, 4) is 0 Å². The van der Waals surface area contributed by atoms with Crippen molar-refractivity contribution in [1.29, 1.82) is 0 Å². The van der Waals surface area contributed by atoms with Gasteiger partial charge in [-0.1, -0.05) is 11.6 Å². The number of nitrogens with zero attached hydrogens (tertiary/aromatic N) is 1. The van der Waals surface area contributed by atoms with Gasteiger partial charge in [0.2, 0.25) is 5.09 Å². The first-order chi connectivity index (χ1) is 9.68. The molecule has 0 bridgehead atoms. The van der Waals surface area contributed by atoms with Crippen LogP contribution >= 0.6 is 0 Å². The fourth-order valence-corrected chi connectivity index (χ4v) is 3.35. The molecule has 0 spiro atoms. The highest BCUT2D eigenvalue weighted by Crippen LogP contribution is 2.22. The van der Waals surface area contributed by atoms with Gasteiger partial charge in [-0.3, -0.25) is 0 Å². The lowest BCUT2D eigenvalue weighted by atomic mass is 10.1. The maximum Gasteiger partial charge on any atom is 0.276 e. The molecule has 0 unspecified atom stereocenters. The van der Waals surface area contributed by atoms with Crippen LogP contribution < -0.4 is 5.32 Å². The van der Waals surface area contributed by atoms with E-state index in [2.05, 4.69) is 26.1 Å². The summed E-state index contributed by atoms with van der Waals surface area (Å²) in [5, 5.41) is 3.31. The molecule has 1 aliphatic heterocycles. The van der Waals surface area contributed by atoms with Gasteiger partial charge < -0.3 is 9.73 Å². The van der Waals surface area contributed by atoms with Gasteiger partial charge in [0.25, 0.3) is 10.0 Å². The molecule has 1 aromatic heterocycles. The van der Waals surface area contributed by atoms with Gasteiger partial charge in [0.05, 0.1) is 6.54 Å². The lowest BCUT2D eigenvalue weighted by molar-refractivity contribution is 0.347. The molecule has 0 amide bonds. The van der Waals surface area contributed by atoms with Crippen molar-refractivity contribution in [3.05, 3.63) is 29.5 Å². The van der Waals surface area contributed by atoms with Gasteiger partial charge in [-0.25, -0.2) is 8.42 Å². The first-order valence-electron chi connectivity index (χ1n) is 7.18. The topological polar surface area (TPSA) is 62.6 Å². The third kappa shape index (κ3) is 4.18. The van der Waals surface area contributed by atoms with Gasteiger partial charge in [0, 0.05) is 18.6 Å². The fourth-order valence-electron chi connectivity index (χ4n) is 2.04. The molecular weight excluding hydrogens is 288 g/mol. The van der Waals surface area contributed by atoms with E-state index in [-0.39, 0.29) is 10.6 Å². The third-order valence-corrected chi connectivity index (χ3v) is 5.16. The van der Waals surface area contributed by atoms with E-state index in [1.807, 2.05) is 13.0 Å². The van der Waals surface area contributed by atoms with Crippen molar-refractivity contribution in [2.45, 2.75) is 51.3 Å². The van der Waals surface area contributed by atoms with Crippen LogP contribution in [0.2, 0.25) is 0 Å². The van der Waals surface area contributed by atoms with E-state index in [4.69, 9.17) is 4.42 Å². The van der Waals surface area contributed by atoms with Gasteiger partial charge >= 0.3 is 0 Å². The van der Waals surface area contributed by atoms with Crippen LogP contribution in [0.25, 0.3) is 0 Å². The molecule has 1 aromatic rings. The summed E-state index contributed by atoms with van der Waals surface area (Å²) in [4.78, 5) is 0. The summed E-state index contributed by atoms with van der Waals surface area (Å²) in [7, 11) is -3.52. The van der Waals surface area contributed by atoms with E-state index >= 15 is 0 Å². The van der Waals surface area contributed by atoms with Gasteiger partial charge in [-0.05, 0) is 46.2 Å². The van der Waals surface area contributed by atoms with E-state index in [1.54, 1.807) is 12.1 Å². The second-order valence-corrected chi connectivity index (χ2v) is 8.36. The zero-order chi connectivity index (χ0) is 15.7. The van der Waals surface area contributed by atoms with E-state index in [1.165, 1.54) is 9.88 Å². The Morgan fingerprint density at radius 2 is 2.05 bits per heavy atom. The van der Waals surface area contributed by atoms with Crippen LogP contribution in [0.5, 0.6) is 0 Å². The molecule has 6 heteroatoms. The largest absolute Gasteiger partial charge is 0.447 e. The van der Waals surface area contributed by atoms with E-state index < -0.39 is 10.0 Å².